The molecule has 1 aromatic heterocycles. The van der Waals surface area contributed by atoms with E-state index in [1.54, 1.807) is 24.3 Å². The summed E-state index contributed by atoms with van der Waals surface area (Å²) in [7, 11) is -1.42. The predicted octanol–water partition coefficient (Wildman–Crippen LogP) is 3.21. The second-order valence-corrected chi connectivity index (χ2v) is 18.0. The van der Waals surface area contributed by atoms with Gasteiger partial charge in [-0.15, -0.1) is 0 Å². The van der Waals surface area contributed by atoms with Crippen molar-refractivity contribution in [1.82, 2.24) is 30.2 Å². The lowest BCUT2D eigenvalue weighted by Gasteiger charge is -2.33. The molecule has 0 spiro atoms. The Morgan fingerprint density at radius 1 is 1.14 bits per heavy atom. The number of ether oxygens (including phenoxy) is 3. The maximum absolute atomic E-state index is 14.7. The molecule has 0 unspecified atom stereocenters. The number of fused-ring (bicyclic) bond motifs is 3. The first-order chi connectivity index (χ1) is 26.6. The number of alkyl halides is 1. The van der Waals surface area contributed by atoms with Crippen molar-refractivity contribution in [3.8, 4) is 11.6 Å². The van der Waals surface area contributed by atoms with Crippen molar-refractivity contribution in [1.29, 1.82) is 0 Å². The monoisotopic (exact) mass is 802 g/mol. The summed E-state index contributed by atoms with van der Waals surface area (Å²) in [5.74, 6) is -3.02. The molecule has 4 N–H and O–H groups in total. The van der Waals surface area contributed by atoms with Crippen molar-refractivity contribution < 1.29 is 51.3 Å². The lowest BCUT2D eigenvalue weighted by atomic mass is 9.87. The number of methoxy groups -OCH3 is 2. The van der Waals surface area contributed by atoms with Crippen molar-refractivity contribution in [3.05, 3.63) is 36.0 Å². The second kappa shape index (κ2) is 16.1. The number of benzene rings is 1. The summed E-state index contributed by atoms with van der Waals surface area (Å²) in [6, 6.07) is 2.66. The Hall–Kier alpha value is -4.58. The first-order valence-corrected chi connectivity index (χ1v) is 20.5. The molecule has 18 heteroatoms. The molecule has 2 aromatic rings. The molecule has 3 fully saturated rings. The molecule has 6 rings (SSSR count). The minimum atomic E-state index is -4.41. The van der Waals surface area contributed by atoms with E-state index in [4.69, 9.17) is 24.2 Å². The van der Waals surface area contributed by atoms with Gasteiger partial charge in [0.1, 0.15) is 46.6 Å². The first kappa shape index (κ1) is 41.1. The molecule has 56 heavy (non-hydrogen) atoms. The number of carbonyl (C=O) groups excluding carboxylic acids is 3. The van der Waals surface area contributed by atoms with Crippen molar-refractivity contribution in [3.63, 3.8) is 0 Å². The summed E-state index contributed by atoms with van der Waals surface area (Å²) >= 11 is 0. The van der Waals surface area contributed by atoms with Gasteiger partial charge in [-0.05, 0) is 56.6 Å². The molecule has 2 aliphatic heterocycles. The van der Waals surface area contributed by atoms with Crippen LogP contribution in [0.25, 0.3) is 11.0 Å². The zero-order chi connectivity index (χ0) is 40.6. The van der Waals surface area contributed by atoms with Crippen LogP contribution in [0.15, 0.2) is 30.4 Å². The highest BCUT2D eigenvalue weighted by Crippen LogP contribution is 2.48. The maximum Gasteiger partial charge on any atom is 0.405 e. The summed E-state index contributed by atoms with van der Waals surface area (Å²) < 4.78 is 57.9. The van der Waals surface area contributed by atoms with Gasteiger partial charge >= 0.3 is 6.09 Å². The molecule has 4 aliphatic rings. The number of hydrogen-bond acceptors (Lipinski definition) is 11. The Balaban J connectivity index is 1.38. The van der Waals surface area contributed by atoms with Crippen LogP contribution in [0.5, 0.6) is 11.6 Å². The first-order valence-electron chi connectivity index (χ1n) is 19.0. The largest absolute Gasteiger partial charge is 0.497 e. The molecule has 2 aliphatic carbocycles. The van der Waals surface area contributed by atoms with E-state index in [1.807, 2.05) is 26.8 Å². The number of carbonyl (C=O) groups is 4. The van der Waals surface area contributed by atoms with Gasteiger partial charge in [-0.2, -0.15) is 0 Å². The molecule has 7 atom stereocenters. The zero-order valence-corrected chi connectivity index (χ0v) is 33.1. The fourth-order valence-electron chi connectivity index (χ4n) is 7.86. The van der Waals surface area contributed by atoms with Gasteiger partial charge < -0.3 is 34.9 Å². The van der Waals surface area contributed by atoms with Crippen LogP contribution in [0.1, 0.15) is 77.3 Å². The van der Waals surface area contributed by atoms with Gasteiger partial charge in [-0.25, -0.2) is 27.6 Å². The van der Waals surface area contributed by atoms with E-state index in [2.05, 4.69) is 15.4 Å². The molecular weight excluding hydrogens is 752 g/mol. The number of amides is 4. The molecule has 2 saturated carbocycles. The molecule has 306 valence electrons. The number of hydrogen-bond donors (Lipinski definition) is 4. The van der Waals surface area contributed by atoms with Crippen LogP contribution in [-0.4, -0.2) is 115 Å². The van der Waals surface area contributed by atoms with Crippen molar-refractivity contribution in [2.45, 2.75) is 100 Å². The SMILES string of the molecule is COC[C@@H]1C[C@H](C)CC/C=C\[C@@H]2C[C@@]2(C(=O)NS(=O)(=O)C2(CF)CC2)NC(=O)[C@@H]2C[C@@H](Oc3nc4cc(OC)ccc4nc3C(C)C)CN2C(=O)[C@H]1NC(=O)O. The average molecular weight is 803 g/mol. The highest BCUT2D eigenvalue weighted by atomic mass is 32.2. The average Bonchev–Trinajstić information content (AvgIpc) is 4.05. The minimum Gasteiger partial charge on any atom is -0.497 e. The Labute approximate surface area is 325 Å². The Kier molecular flexibility index (Phi) is 11.8. The molecule has 16 nitrogen and oxygen atoms in total. The second-order valence-electron chi connectivity index (χ2n) is 15.9. The van der Waals surface area contributed by atoms with E-state index >= 15 is 0 Å². The molecule has 3 heterocycles. The Morgan fingerprint density at radius 3 is 2.54 bits per heavy atom. The standard InChI is InChI=1S/C38H51FN6O10S/c1-21(2)30-33(41-28-15-25(54-5)10-11-27(28)40-30)55-26-16-29-32(46)43-38(35(48)44-56(51,52)37(20-39)12-13-37)17-24(38)9-7-6-8-22(3)14-23(19-53-4)31(42-36(49)50)34(47)45(29)18-26/h7,9-11,15,21-24,26,29,31,42H,6,8,12-14,16-20H2,1-5H3,(H,43,46)(H,44,48)(H,49,50)/b9-7-/t22-,23+,24-,26-,29+,31+,38-/m1/s1. The molecular formula is C38H51FN6O10S. The molecule has 1 aromatic carbocycles. The van der Waals surface area contributed by atoms with E-state index in [9.17, 15) is 37.1 Å². The summed E-state index contributed by atoms with van der Waals surface area (Å²) in [6.07, 6.45) is 3.11. The fraction of sp³-hybridized carbons (Fsp3) is 0.632. The number of halogens is 1. The predicted molar refractivity (Wildman–Crippen MR) is 201 cm³/mol. The highest BCUT2D eigenvalue weighted by molar-refractivity contribution is 7.91. The van der Waals surface area contributed by atoms with Gasteiger partial charge in [-0.3, -0.25) is 19.1 Å². The van der Waals surface area contributed by atoms with Crippen LogP contribution in [0.4, 0.5) is 9.18 Å². The smallest absolute Gasteiger partial charge is 0.405 e. The lowest BCUT2D eigenvalue weighted by Crippen LogP contribution is -2.60. The van der Waals surface area contributed by atoms with Gasteiger partial charge in [-0.1, -0.05) is 32.9 Å². The fourth-order valence-corrected chi connectivity index (χ4v) is 9.28. The Bertz CT molecular complexity index is 1990. The van der Waals surface area contributed by atoms with E-state index in [0.717, 1.165) is 0 Å². The molecule has 0 radical (unpaired) electrons. The van der Waals surface area contributed by atoms with Crippen LogP contribution >= 0.6 is 0 Å². The minimum absolute atomic E-state index is 0.00780. The lowest BCUT2D eigenvalue weighted by molar-refractivity contribution is -0.142. The third-order valence-corrected chi connectivity index (χ3v) is 13.6. The number of rotatable bonds is 11. The molecule has 4 amide bonds. The zero-order valence-electron chi connectivity index (χ0n) is 32.2. The van der Waals surface area contributed by atoms with Crippen LogP contribution < -0.4 is 24.8 Å². The van der Waals surface area contributed by atoms with Crippen molar-refractivity contribution in [2.24, 2.45) is 17.8 Å². The normalized spacial score (nSPS) is 29.6. The number of aromatic nitrogens is 2. The van der Waals surface area contributed by atoms with E-state index in [-0.39, 0.29) is 56.6 Å². The van der Waals surface area contributed by atoms with E-state index in [1.165, 1.54) is 19.1 Å². The number of nitrogens with zero attached hydrogens (tertiary/aromatic N) is 3. The third-order valence-electron chi connectivity index (χ3n) is 11.4. The van der Waals surface area contributed by atoms with Crippen LogP contribution in [0, 0.1) is 17.8 Å². The van der Waals surface area contributed by atoms with Gasteiger partial charge in [0.25, 0.3) is 5.91 Å². The van der Waals surface area contributed by atoms with E-state index < -0.39 is 80.8 Å². The molecule has 1 saturated heterocycles. The van der Waals surface area contributed by atoms with Crippen molar-refractivity contribution >= 4 is 44.9 Å². The number of sulfonamides is 1. The summed E-state index contributed by atoms with van der Waals surface area (Å²) in [5, 5.41) is 15.1. The van der Waals surface area contributed by atoms with Gasteiger partial charge in [0.15, 0.2) is 0 Å². The Morgan fingerprint density at radius 2 is 1.89 bits per heavy atom. The topological polar surface area (TPSA) is 215 Å². The maximum atomic E-state index is 14.7. The number of allylic oxidation sites excluding steroid dienone is 1. The van der Waals surface area contributed by atoms with Crippen LogP contribution in [0.3, 0.4) is 0 Å². The number of nitrogens with one attached hydrogen (secondary N) is 3. The summed E-state index contributed by atoms with van der Waals surface area (Å²) in [4.78, 5) is 66.0. The van der Waals surface area contributed by atoms with Gasteiger partial charge in [0.2, 0.25) is 27.7 Å². The van der Waals surface area contributed by atoms with Crippen LogP contribution in [0.2, 0.25) is 0 Å². The summed E-state index contributed by atoms with van der Waals surface area (Å²) in [5.41, 5.74) is -0.0655. The number of carboxylic acid groups (broad SMARTS) is 1. The third kappa shape index (κ3) is 8.26. The highest BCUT2D eigenvalue weighted by Gasteiger charge is 2.64. The van der Waals surface area contributed by atoms with E-state index in [0.29, 0.717) is 41.7 Å². The quantitative estimate of drug-likeness (QED) is 0.241. The van der Waals surface area contributed by atoms with Gasteiger partial charge in [0.05, 0.1) is 31.3 Å². The van der Waals surface area contributed by atoms with Crippen LogP contribution in [-0.2, 0) is 29.1 Å². The molecule has 0 bridgehead atoms. The van der Waals surface area contributed by atoms with Crippen molar-refractivity contribution in [2.75, 3.05) is 34.0 Å². The van der Waals surface area contributed by atoms with Gasteiger partial charge in [0, 0.05) is 37.4 Å². The summed E-state index contributed by atoms with van der Waals surface area (Å²) in [6.45, 7) is 4.57.